The molecular formula is C13H24N4O3. The van der Waals surface area contributed by atoms with Gasteiger partial charge in [0.15, 0.2) is 5.84 Å². The van der Waals surface area contributed by atoms with Gasteiger partial charge >= 0.3 is 0 Å². The van der Waals surface area contributed by atoms with E-state index in [9.17, 15) is 9.59 Å². The molecule has 0 aliphatic carbocycles. The van der Waals surface area contributed by atoms with E-state index in [1.165, 1.54) is 0 Å². The molecule has 0 aromatic heterocycles. The topological polar surface area (TPSA) is 108 Å². The van der Waals surface area contributed by atoms with Crippen molar-refractivity contribution in [3.8, 4) is 0 Å². The van der Waals surface area contributed by atoms with Gasteiger partial charge in [0, 0.05) is 13.6 Å². The summed E-state index contributed by atoms with van der Waals surface area (Å²) in [5, 5.41) is 14.4. The van der Waals surface area contributed by atoms with E-state index in [2.05, 4.69) is 10.5 Å². The van der Waals surface area contributed by atoms with Crippen LogP contribution in [0.4, 0.5) is 0 Å². The number of hydrogen-bond acceptors (Lipinski definition) is 4. The van der Waals surface area contributed by atoms with Gasteiger partial charge in [-0.05, 0) is 25.7 Å². The normalized spacial score (nSPS) is 21.4. The second kappa shape index (κ2) is 7.72. The maximum atomic E-state index is 12.6. The van der Waals surface area contributed by atoms with Crippen LogP contribution in [0.3, 0.4) is 0 Å². The number of nitrogens with one attached hydrogen (secondary N) is 1. The fourth-order valence-corrected chi connectivity index (χ4v) is 2.59. The number of rotatable bonds is 5. The highest BCUT2D eigenvalue weighted by atomic mass is 16.4. The molecule has 20 heavy (non-hydrogen) atoms. The monoisotopic (exact) mass is 284 g/mol. The minimum absolute atomic E-state index is 0.0851. The number of nitrogens with zero attached hydrogens (tertiary/aromatic N) is 2. The van der Waals surface area contributed by atoms with Gasteiger partial charge in [-0.3, -0.25) is 9.59 Å². The number of likely N-dealkylation sites (tertiary alicyclic amines) is 1. The SMILES string of the molecule is CCCC(C(=O)N1CCCCC1C(=O)NC)C(N)=NO. The van der Waals surface area contributed by atoms with E-state index >= 15 is 0 Å². The van der Waals surface area contributed by atoms with Crippen LogP contribution in [-0.2, 0) is 9.59 Å². The molecule has 2 atom stereocenters. The summed E-state index contributed by atoms with van der Waals surface area (Å²) in [6.45, 7) is 2.47. The van der Waals surface area contributed by atoms with Gasteiger partial charge in [-0.25, -0.2) is 0 Å². The van der Waals surface area contributed by atoms with Gasteiger partial charge in [0.25, 0.3) is 0 Å². The molecule has 1 heterocycles. The Morgan fingerprint density at radius 1 is 1.50 bits per heavy atom. The Kier molecular flexibility index (Phi) is 6.27. The van der Waals surface area contributed by atoms with Crippen LogP contribution in [-0.4, -0.2) is 47.4 Å². The molecule has 0 spiro atoms. The van der Waals surface area contributed by atoms with Gasteiger partial charge in [0.2, 0.25) is 11.8 Å². The summed E-state index contributed by atoms with van der Waals surface area (Å²) in [5.74, 6) is -1.13. The Labute approximate surface area is 119 Å². The van der Waals surface area contributed by atoms with Crippen molar-refractivity contribution in [2.24, 2.45) is 16.8 Å². The molecule has 1 rings (SSSR count). The zero-order chi connectivity index (χ0) is 15.1. The van der Waals surface area contributed by atoms with Crippen molar-refractivity contribution in [2.45, 2.75) is 45.1 Å². The summed E-state index contributed by atoms with van der Waals surface area (Å²) >= 11 is 0. The van der Waals surface area contributed by atoms with Gasteiger partial charge in [0.1, 0.15) is 6.04 Å². The molecule has 0 bridgehead atoms. The molecule has 4 N–H and O–H groups in total. The number of piperidine rings is 1. The molecule has 7 nitrogen and oxygen atoms in total. The van der Waals surface area contributed by atoms with Gasteiger partial charge in [-0.15, -0.1) is 0 Å². The smallest absolute Gasteiger partial charge is 0.242 e. The average Bonchev–Trinajstić information content (AvgIpc) is 2.50. The lowest BCUT2D eigenvalue weighted by atomic mass is 9.95. The third kappa shape index (κ3) is 3.61. The summed E-state index contributed by atoms with van der Waals surface area (Å²) in [5.41, 5.74) is 5.62. The van der Waals surface area contributed by atoms with Crippen LogP contribution >= 0.6 is 0 Å². The number of nitrogens with two attached hydrogens (primary N) is 1. The maximum absolute atomic E-state index is 12.6. The molecule has 1 fully saturated rings. The van der Waals surface area contributed by atoms with E-state index in [1.54, 1.807) is 11.9 Å². The van der Waals surface area contributed by atoms with Crippen LogP contribution in [0.2, 0.25) is 0 Å². The number of oxime groups is 1. The van der Waals surface area contributed by atoms with Gasteiger partial charge in [0.05, 0.1) is 5.92 Å². The molecule has 2 amide bonds. The highest BCUT2D eigenvalue weighted by molar-refractivity contribution is 6.03. The highest BCUT2D eigenvalue weighted by Crippen LogP contribution is 2.21. The van der Waals surface area contributed by atoms with Crippen molar-refractivity contribution in [3.63, 3.8) is 0 Å². The predicted octanol–water partition coefficient (Wildman–Crippen LogP) is 0.276. The van der Waals surface area contributed by atoms with Crippen LogP contribution in [0.25, 0.3) is 0 Å². The average molecular weight is 284 g/mol. The Hall–Kier alpha value is -1.79. The van der Waals surface area contributed by atoms with Crippen LogP contribution < -0.4 is 11.1 Å². The van der Waals surface area contributed by atoms with Crippen LogP contribution in [0, 0.1) is 5.92 Å². The van der Waals surface area contributed by atoms with Gasteiger partial charge in [-0.1, -0.05) is 18.5 Å². The molecule has 2 unspecified atom stereocenters. The standard InChI is InChI=1S/C13H24N4O3/c1-3-6-9(11(14)16-20)13(19)17-8-5-4-7-10(17)12(18)15-2/h9-10,20H,3-8H2,1-2H3,(H2,14,16)(H,15,18). The van der Waals surface area contributed by atoms with Crippen molar-refractivity contribution in [1.29, 1.82) is 0 Å². The Balaban J connectivity index is 2.92. The van der Waals surface area contributed by atoms with Crippen molar-refractivity contribution in [3.05, 3.63) is 0 Å². The molecule has 7 heteroatoms. The summed E-state index contributed by atoms with van der Waals surface area (Å²) in [6, 6.07) is -0.452. The Bertz CT molecular complexity index is 384. The van der Waals surface area contributed by atoms with E-state index < -0.39 is 12.0 Å². The van der Waals surface area contributed by atoms with E-state index in [-0.39, 0.29) is 17.6 Å². The predicted molar refractivity (Wildman–Crippen MR) is 75.2 cm³/mol. The minimum atomic E-state index is -0.657. The van der Waals surface area contributed by atoms with Crippen molar-refractivity contribution >= 4 is 17.6 Å². The number of carbonyl (C=O) groups is 2. The first-order valence-electron chi connectivity index (χ1n) is 7.06. The van der Waals surface area contributed by atoms with Crippen LogP contribution in [0.15, 0.2) is 5.16 Å². The van der Waals surface area contributed by atoms with E-state index in [0.717, 1.165) is 19.3 Å². The lowest BCUT2D eigenvalue weighted by Gasteiger charge is -2.36. The summed E-state index contributed by atoms with van der Waals surface area (Å²) in [6.07, 6.45) is 3.69. The maximum Gasteiger partial charge on any atom is 0.242 e. The molecule has 0 aromatic rings. The molecule has 1 saturated heterocycles. The quantitative estimate of drug-likeness (QED) is 0.291. The Morgan fingerprint density at radius 2 is 2.20 bits per heavy atom. The van der Waals surface area contributed by atoms with E-state index in [4.69, 9.17) is 10.9 Å². The summed E-state index contributed by atoms with van der Waals surface area (Å²) < 4.78 is 0. The molecule has 1 aliphatic heterocycles. The first-order valence-corrected chi connectivity index (χ1v) is 7.06. The summed E-state index contributed by atoms with van der Waals surface area (Å²) in [7, 11) is 1.56. The van der Waals surface area contributed by atoms with E-state index in [1.807, 2.05) is 6.92 Å². The molecule has 1 aliphatic rings. The molecular weight excluding hydrogens is 260 g/mol. The second-order valence-electron chi connectivity index (χ2n) is 5.02. The lowest BCUT2D eigenvalue weighted by Crippen LogP contribution is -2.54. The number of amidine groups is 1. The van der Waals surface area contributed by atoms with Gasteiger partial charge < -0.3 is 21.2 Å². The Morgan fingerprint density at radius 3 is 2.75 bits per heavy atom. The summed E-state index contributed by atoms with van der Waals surface area (Å²) in [4.78, 5) is 26.0. The van der Waals surface area contributed by atoms with Crippen molar-refractivity contribution in [2.75, 3.05) is 13.6 Å². The number of carbonyl (C=O) groups excluding carboxylic acids is 2. The highest BCUT2D eigenvalue weighted by Gasteiger charge is 2.36. The van der Waals surface area contributed by atoms with Crippen LogP contribution in [0.1, 0.15) is 39.0 Å². The fraction of sp³-hybridized carbons (Fsp3) is 0.769. The first-order chi connectivity index (χ1) is 9.56. The third-order valence-corrected chi connectivity index (χ3v) is 3.68. The van der Waals surface area contributed by atoms with Crippen LogP contribution in [0.5, 0.6) is 0 Å². The van der Waals surface area contributed by atoms with E-state index in [0.29, 0.717) is 19.4 Å². The first kappa shape index (κ1) is 16.3. The third-order valence-electron chi connectivity index (χ3n) is 3.68. The zero-order valence-electron chi connectivity index (χ0n) is 12.1. The lowest BCUT2D eigenvalue weighted by molar-refractivity contribution is -0.143. The number of likely N-dealkylation sites (N-methyl/N-ethyl adjacent to an activating group) is 1. The molecule has 0 saturated carbocycles. The second-order valence-corrected chi connectivity index (χ2v) is 5.02. The number of amides is 2. The number of hydrogen-bond donors (Lipinski definition) is 3. The minimum Gasteiger partial charge on any atom is -0.409 e. The fourth-order valence-electron chi connectivity index (χ4n) is 2.59. The van der Waals surface area contributed by atoms with Crippen molar-refractivity contribution in [1.82, 2.24) is 10.2 Å². The van der Waals surface area contributed by atoms with Gasteiger partial charge in [-0.2, -0.15) is 0 Å². The zero-order valence-corrected chi connectivity index (χ0v) is 12.1. The molecule has 114 valence electrons. The molecule has 0 radical (unpaired) electrons. The van der Waals surface area contributed by atoms with Crippen molar-refractivity contribution < 1.29 is 14.8 Å². The largest absolute Gasteiger partial charge is 0.409 e. The molecule has 0 aromatic carbocycles.